The number of ether oxygens (including phenoxy) is 1. The van der Waals surface area contributed by atoms with Gasteiger partial charge >= 0.3 is 0 Å². The Labute approximate surface area is 175 Å². The van der Waals surface area contributed by atoms with Crippen LogP contribution in [0.1, 0.15) is 81.3 Å². The van der Waals surface area contributed by atoms with E-state index in [2.05, 4.69) is 37.8 Å². The standard InChI is InChI=1S/C25H35NO3/c1-16(27)18-8-11-21-19(14-18)15-22-24(2,3)25(21,4)12-13-26(22)23(28)17-6-9-20(29-5)10-7-17/h8,11,14,17,20,22H,6-7,9-10,12-13,15H2,1-5H3/t17?,20?,22-,25+/m1/s1. The lowest BCUT2D eigenvalue weighted by atomic mass is 9.51. The maximum Gasteiger partial charge on any atom is 0.225 e. The molecule has 0 aromatic heterocycles. The number of carbonyl (C=O) groups is 2. The molecule has 2 atom stereocenters. The first kappa shape index (κ1) is 20.6. The third kappa shape index (κ3) is 3.15. The first-order valence-electron chi connectivity index (χ1n) is 11.2. The van der Waals surface area contributed by atoms with Crippen LogP contribution < -0.4 is 0 Å². The lowest BCUT2D eigenvalue weighted by molar-refractivity contribution is -0.150. The van der Waals surface area contributed by atoms with Gasteiger partial charge in [-0.2, -0.15) is 0 Å². The predicted octanol–water partition coefficient (Wildman–Crippen LogP) is 4.54. The molecular formula is C25H35NO3. The smallest absolute Gasteiger partial charge is 0.225 e. The van der Waals surface area contributed by atoms with E-state index in [9.17, 15) is 9.59 Å². The summed E-state index contributed by atoms with van der Waals surface area (Å²) in [5, 5.41) is 0. The molecule has 29 heavy (non-hydrogen) atoms. The molecule has 158 valence electrons. The largest absolute Gasteiger partial charge is 0.381 e. The van der Waals surface area contributed by atoms with Crippen LogP contribution in [0.15, 0.2) is 18.2 Å². The molecule has 4 heteroatoms. The van der Waals surface area contributed by atoms with Crippen molar-refractivity contribution in [1.82, 2.24) is 4.90 Å². The SMILES string of the molecule is COC1CCC(C(=O)N2CC[C@@]3(C)c4ccc(C(C)=O)cc4C[C@@H]2C3(C)C)CC1. The summed E-state index contributed by atoms with van der Waals surface area (Å²) in [7, 11) is 1.77. The van der Waals surface area contributed by atoms with Gasteiger partial charge in [0.05, 0.1) is 6.10 Å². The second kappa shape index (κ2) is 7.23. The molecule has 2 bridgehead atoms. The molecule has 1 heterocycles. The van der Waals surface area contributed by atoms with Gasteiger partial charge in [-0.15, -0.1) is 0 Å². The molecule has 1 amide bonds. The number of benzene rings is 1. The second-order valence-electron chi connectivity index (χ2n) is 10.2. The van der Waals surface area contributed by atoms with E-state index >= 15 is 0 Å². The number of hydrogen-bond acceptors (Lipinski definition) is 3. The van der Waals surface area contributed by atoms with Crippen molar-refractivity contribution in [3.05, 3.63) is 34.9 Å². The number of fused-ring (bicyclic) bond motifs is 4. The number of carbonyl (C=O) groups excluding carboxylic acids is 2. The predicted molar refractivity (Wildman–Crippen MR) is 114 cm³/mol. The van der Waals surface area contributed by atoms with E-state index in [1.807, 2.05) is 6.07 Å². The van der Waals surface area contributed by atoms with Crippen molar-refractivity contribution in [2.45, 2.75) is 83.8 Å². The molecule has 4 rings (SSSR count). The quantitative estimate of drug-likeness (QED) is 0.704. The van der Waals surface area contributed by atoms with Gasteiger partial charge in [-0.1, -0.05) is 32.9 Å². The molecule has 4 nitrogen and oxygen atoms in total. The fourth-order valence-corrected chi connectivity index (χ4v) is 6.20. The summed E-state index contributed by atoms with van der Waals surface area (Å²) in [5.74, 6) is 0.577. The molecule has 1 saturated carbocycles. The lowest BCUT2D eigenvalue weighted by Gasteiger charge is -2.61. The Morgan fingerprint density at radius 1 is 1.10 bits per heavy atom. The molecule has 0 spiro atoms. The number of hydrogen-bond donors (Lipinski definition) is 0. The zero-order valence-corrected chi connectivity index (χ0v) is 18.6. The third-order valence-corrected chi connectivity index (χ3v) is 8.64. The number of likely N-dealkylation sites (tertiary alicyclic amines) is 1. The van der Waals surface area contributed by atoms with Crippen LogP contribution >= 0.6 is 0 Å². The van der Waals surface area contributed by atoms with Crippen LogP contribution in [0, 0.1) is 11.3 Å². The minimum atomic E-state index is -0.00458. The topological polar surface area (TPSA) is 46.6 Å². The van der Waals surface area contributed by atoms with E-state index in [1.54, 1.807) is 14.0 Å². The van der Waals surface area contributed by atoms with E-state index in [0.717, 1.165) is 50.6 Å². The zero-order valence-electron chi connectivity index (χ0n) is 18.6. The molecule has 0 unspecified atom stereocenters. The van der Waals surface area contributed by atoms with Crippen LogP contribution in [0.25, 0.3) is 0 Å². The van der Waals surface area contributed by atoms with Gasteiger partial charge in [0.2, 0.25) is 5.91 Å². The van der Waals surface area contributed by atoms with Crippen LogP contribution in [0.4, 0.5) is 0 Å². The van der Waals surface area contributed by atoms with Gasteiger partial charge in [0.15, 0.2) is 5.78 Å². The summed E-state index contributed by atoms with van der Waals surface area (Å²) in [6.45, 7) is 9.49. The van der Waals surface area contributed by atoms with Crippen molar-refractivity contribution < 1.29 is 14.3 Å². The van der Waals surface area contributed by atoms with E-state index in [4.69, 9.17) is 4.74 Å². The maximum absolute atomic E-state index is 13.6. The minimum Gasteiger partial charge on any atom is -0.381 e. The summed E-state index contributed by atoms with van der Waals surface area (Å²) in [6.07, 6.45) is 5.97. The molecule has 2 aliphatic carbocycles. The average molecular weight is 398 g/mol. The summed E-state index contributed by atoms with van der Waals surface area (Å²) in [5.41, 5.74) is 3.42. The third-order valence-electron chi connectivity index (χ3n) is 8.64. The molecular weight excluding hydrogens is 362 g/mol. The highest BCUT2D eigenvalue weighted by molar-refractivity contribution is 5.94. The van der Waals surface area contributed by atoms with Gasteiger partial charge in [0, 0.05) is 36.6 Å². The Balaban J connectivity index is 1.64. The highest BCUT2D eigenvalue weighted by Gasteiger charge is 2.57. The Morgan fingerprint density at radius 3 is 2.41 bits per heavy atom. The van der Waals surface area contributed by atoms with Crippen LogP contribution in [0.3, 0.4) is 0 Å². The van der Waals surface area contributed by atoms with Gasteiger partial charge in [-0.3, -0.25) is 9.59 Å². The highest BCUT2D eigenvalue weighted by Crippen LogP contribution is 2.56. The molecule has 3 aliphatic rings. The molecule has 1 aromatic carbocycles. The van der Waals surface area contributed by atoms with Crippen LogP contribution in [0.5, 0.6) is 0 Å². The van der Waals surface area contributed by atoms with Gasteiger partial charge in [0.1, 0.15) is 0 Å². The lowest BCUT2D eigenvalue weighted by Crippen LogP contribution is -2.65. The minimum absolute atomic E-state index is 0.00458. The van der Waals surface area contributed by atoms with Crippen LogP contribution in [-0.2, 0) is 21.4 Å². The first-order valence-corrected chi connectivity index (χ1v) is 11.2. The van der Waals surface area contributed by atoms with Gasteiger partial charge < -0.3 is 9.64 Å². The van der Waals surface area contributed by atoms with E-state index < -0.39 is 0 Å². The average Bonchev–Trinajstić information content (AvgIpc) is 2.70. The summed E-state index contributed by atoms with van der Waals surface area (Å²) < 4.78 is 5.49. The van der Waals surface area contributed by atoms with E-state index in [1.165, 1.54) is 11.1 Å². The number of rotatable bonds is 3. The molecule has 1 saturated heterocycles. The Morgan fingerprint density at radius 2 is 1.79 bits per heavy atom. The monoisotopic (exact) mass is 397 g/mol. The zero-order chi connectivity index (χ0) is 21.0. The van der Waals surface area contributed by atoms with Crippen molar-refractivity contribution in [2.75, 3.05) is 13.7 Å². The van der Waals surface area contributed by atoms with Crippen molar-refractivity contribution in [3.63, 3.8) is 0 Å². The molecule has 1 aromatic rings. The van der Waals surface area contributed by atoms with Crippen LogP contribution in [-0.4, -0.2) is 42.4 Å². The summed E-state index contributed by atoms with van der Waals surface area (Å²) in [4.78, 5) is 27.7. The number of methoxy groups -OCH3 is 1. The Hall–Kier alpha value is -1.68. The summed E-state index contributed by atoms with van der Waals surface area (Å²) in [6, 6.07) is 6.42. The normalized spacial score (nSPS) is 33.1. The number of piperidine rings is 1. The molecule has 2 fully saturated rings. The van der Waals surface area contributed by atoms with Gasteiger partial charge in [-0.25, -0.2) is 0 Å². The second-order valence-corrected chi connectivity index (χ2v) is 10.2. The van der Waals surface area contributed by atoms with Gasteiger partial charge in [0.25, 0.3) is 0 Å². The number of ketones is 1. The van der Waals surface area contributed by atoms with Crippen molar-refractivity contribution >= 4 is 11.7 Å². The molecule has 0 N–H and O–H groups in total. The van der Waals surface area contributed by atoms with Crippen molar-refractivity contribution in [2.24, 2.45) is 11.3 Å². The van der Waals surface area contributed by atoms with Crippen LogP contribution in [0.2, 0.25) is 0 Å². The molecule has 0 radical (unpaired) electrons. The van der Waals surface area contributed by atoms with Crippen molar-refractivity contribution in [1.29, 1.82) is 0 Å². The first-order chi connectivity index (χ1) is 13.7. The van der Waals surface area contributed by atoms with Crippen molar-refractivity contribution in [3.8, 4) is 0 Å². The Bertz CT molecular complexity index is 821. The van der Waals surface area contributed by atoms with E-state index in [0.29, 0.717) is 12.0 Å². The van der Waals surface area contributed by atoms with Gasteiger partial charge in [-0.05, 0) is 68.1 Å². The summed E-state index contributed by atoms with van der Waals surface area (Å²) >= 11 is 0. The number of Topliss-reactive ketones (excluding diaryl/α,β-unsaturated/α-hetero) is 1. The number of amides is 1. The highest BCUT2D eigenvalue weighted by atomic mass is 16.5. The number of nitrogens with zero attached hydrogens (tertiary/aromatic N) is 1. The fourth-order valence-electron chi connectivity index (χ4n) is 6.20. The Kier molecular flexibility index (Phi) is 5.13. The maximum atomic E-state index is 13.6. The fraction of sp³-hybridized carbons (Fsp3) is 0.680. The van der Waals surface area contributed by atoms with E-state index in [-0.39, 0.29) is 28.6 Å². The molecule has 1 aliphatic heterocycles.